The molecule has 4 aromatic rings. The number of amides is 1. The molecule has 0 aliphatic carbocycles. The first kappa shape index (κ1) is 20.6. The van der Waals surface area contributed by atoms with Crippen molar-refractivity contribution >= 4 is 17.5 Å². The second kappa shape index (κ2) is 9.40. The predicted molar refractivity (Wildman–Crippen MR) is 116 cm³/mol. The van der Waals surface area contributed by atoms with Gasteiger partial charge in [-0.3, -0.25) is 14.9 Å². The summed E-state index contributed by atoms with van der Waals surface area (Å²) >= 11 is 5.71. The number of rotatable bonds is 7. The van der Waals surface area contributed by atoms with Crippen molar-refractivity contribution < 1.29 is 13.9 Å². The maximum Gasteiger partial charge on any atom is 0.258 e. The maximum absolute atomic E-state index is 13.2. The Morgan fingerprint density at radius 1 is 1.10 bits per heavy atom. The van der Waals surface area contributed by atoms with Crippen LogP contribution in [0.4, 0.5) is 4.39 Å². The molecule has 2 N–H and O–H groups in total. The Bertz CT molecular complexity index is 1200. The van der Waals surface area contributed by atoms with Crippen molar-refractivity contribution in [3.8, 4) is 28.1 Å². The largest absolute Gasteiger partial charge is 0.484 e. The lowest BCUT2D eigenvalue weighted by Gasteiger charge is -2.09. The summed E-state index contributed by atoms with van der Waals surface area (Å²) in [5, 5.41) is 9.98. The average molecular weight is 437 g/mol. The zero-order valence-electron chi connectivity index (χ0n) is 16.3. The van der Waals surface area contributed by atoms with E-state index in [2.05, 4.69) is 20.5 Å². The number of hydrogen-bond acceptors (Lipinski definition) is 4. The van der Waals surface area contributed by atoms with E-state index in [9.17, 15) is 9.18 Å². The van der Waals surface area contributed by atoms with E-state index in [-0.39, 0.29) is 17.5 Å². The van der Waals surface area contributed by atoms with Crippen molar-refractivity contribution in [1.29, 1.82) is 0 Å². The highest BCUT2D eigenvalue weighted by molar-refractivity contribution is 6.30. The van der Waals surface area contributed by atoms with Crippen LogP contribution in [0.5, 0.6) is 5.75 Å². The molecule has 156 valence electrons. The second-order valence-electron chi connectivity index (χ2n) is 6.74. The van der Waals surface area contributed by atoms with Crippen molar-refractivity contribution in [1.82, 2.24) is 20.5 Å². The lowest BCUT2D eigenvalue weighted by Crippen LogP contribution is -2.28. The Kier molecular flexibility index (Phi) is 6.24. The molecular weight excluding hydrogens is 419 g/mol. The van der Waals surface area contributed by atoms with E-state index in [0.29, 0.717) is 12.3 Å². The molecule has 31 heavy (non-hydrogen) atoms. The molecule has 0 spiro atoms. The van der Waals surface area contributed by atoms with Gasteiger partial charge in [0, 0.05) is 36.1 Å². The summed E-state index contributed by atoms with van der Waals surface area (Å²) in [6.45, 7) is 0.132. The average Bonchev–Trinajstić information content (AvgIpc) is 3.29. The third-order valence-electron chi connectivity index (χ3n) is 4.60. The van der Waals surface area contributed by atoms with Gasteiger partial charge in [0.1, 0.15) is 11.6 Å². The molecule has 0 saturated carbocycles. The van der Waals surface area contributed by atoms with Gasteiger partial charge in [0.05, 0.1) is 16.9 Å². The summed E-state index contributed by atoms with van der Waals surface area (Å²) in [6, 6.07) is 15.6. The van der Waals surface area contributed by atoms with E-state index < -0.39 is 5.82 Å². The van der Waals surface area contributed by atoms with Gasteiger partial charge < -0.3 is 10.1 Å². The quantitative estimate of drug-likeness (QED) is 0.443. The Morgan fingerprint density at radius 2 is 1.94 bits per heavy atom. The Balaban J connectivity index is 1.39. The number of halogens is 2. The monoisotopic (exact) mass is 436 g/mol. The van der Waals surface area contributed by atoms with Gasteiger partial charge in [0.25, 0.3) is 5.91 Å². The molecule has 0 aliphatic rings. The fourth-order valence-corrected chi connectivity index (χ4v) is 3.23. The number of carbonyl (C=O) groups is 1. The normalized spacial score (nSPS) is 10.6. The molecule has 2 aromatic heterocycles. The molecule has 0 fully saturated rings. The number of benzene rings is 2. The molecule has 4 rings (SSSR count). The zero-order valence-corrected chi connectivity index (χ0v) is 17.1. The van der Waals surface area contributed by atoms with E-state index in [0.717, 1.165) is 27.9 Å². The van der Waals surface area contributed by atoms with Gasteiger partial charge in [-0.15, -0.1) is 0 Å². The van der Waals surface area contributed by atoms with Gasteiger partial charge in [-0.25, -0.2) is 4.39 Å². The van der Waals surface area contributed by atoms with E-state index in [1.54, 1.807) is 18.6 Å². The third kappa shape index (κ3) is 5.07. The minimum Gasteiger partial charge on any atom is -0.484 e. The molecule has 1 amide bonds. The van der Waals surface area contributed by atoms with Crippen LogP contribution in [0.15, 0.2) is 73.2 Å². The van der Waals surface area contributed by atoms with Gasteiger partial charge in [-0.2, -0.15) is 5.10 Å². The van der Waals surface area contributed by atoms with Crippen LogP contribution in [0, 0.1) is 5.82 Å². The number of pyridine rings is 1. The first-order chi connectivity index (χ1) is 15.1. The smallest absolute Gasteiger partial charge is 0.258 e. The van der Waals surface area contributed by atoms with Crippen LogP contribution in [-0.2, 0) is 11.3 Å². The number of nitrogens with one attached hydrogen (secondary N) is 2. The molecule has 2 aromatic carbocycles. The van der Waals surface area contributed by atoms with Crippen LogP contribution in [0.3, 0.4) is 0 Å². The minimum atomic E-state index is -0.539. The van der Waals surface area contributed by atoms with Gasteiger partial charge in [-0.05, 0) is 41.5 Å². The van der Waals surface area contributed by atoms with Gasteiger partial charge in [-0.1, -0.05) is 29.8 Å². The molecule has 2 heterocycles. The predicted octanol–water partition coefficient (Wildman–Crippen LogP) is 4.63. The van der Waals surface area contributed by atoms with Crippen molar-refractivity contribution in [3.63, 3.8) is 0 Å². The summed E-state index contributed by atoms with van der Waals surface area (Å²) in [7, 11) is 0. The Morgan fingerprint density at radius 3 is 2.74 bits per heavy atom. The summed E-state index contributed by atoms with van der Waals surface area (Å²) < 4.78 is 18.5. The molecule has 6 nitrogen and oxygen atoms in total. The first-order valence-corrected chi connectivity index (χ1v) is 9.85. The second-order valence-corrected chi connectivity index (χ2v) is 7.14. The first-order valence-electron chi connectivity index (χ1n) is 9.48. The lowest BCUT2D eigenvalue weighted by atomic mass is 10.0. The number of aromatic nitrogens is 3. The van der Waals surface area contributed by atoms with Gasteiger partial charge in [0.2, 0.25) is 0 Å². The number of ether oxygens (including phenoxy) is 1. The molecule has 0 radical (unpaired) electrons. The number of aromatic amines is 1. The summed E-state index contributed by atoms with van der Waals surface area (Å²) in [4.78, 5) is 16.2. The van der Waals surface area contributed by atoms with E-state index in [1.807, 2.05) is 36.4 Å². The molecule has 0 aliphatic heterocycles. The van der Waals surface area contributed by atoms with Crippen LogP contribution in [0.25, 0.3) is 22.4 Å². The summed E-state index contributed by atoms with van der Waals surface area (Å²) in [6.07, 6.45) is 5.25. The van der Waals surface area contributed by atoms with Crippen molar-refractivity contribution in [2.45, 2.75) is 6.54 Å². The molecule has 0 saturated heterocycles. The molecule has 0 bridgehead atoms. The topological polar surface area (TPSA) is 79.9 Å². The van der Waals surface area contributed by atoms with Crippen LogP contribution >= 0.6 is 11.6 Å². The SMILES string of the molecule is O=C(COc1ccc(F)c(Cl)c1)NCc1cccc(-c2[nH]ncc2-c2ccncc2)c1. The number of carbonyl (C=O) groups excluding carboxylic acids is 1. The van der Waals surface area contributed by atoms with E-state index in [4.69, 9.17) is 16.3 Å². The Labute approximate surface area is 183 Å². The molecule has 8 heteroatoms. The maximum atomic E-state index is 13.2. The van der Waals surface area contributed by atoms with Crippen LogP contribution in [0.2, 0.25) is 5.02 Å². The summed E-state index contributed by atoms with van der Waals surface area (Å²) in [5.41, 5.74) is 4.74. The van der Waals surface area contributed by atoms with E-state index >= 15 is 0 Å². The third-order valence-corrected chi connectivity index (χ3v) is 4.89. The highest BCUT2D eigenvalue weighted by atomic mass is 35.5. The van der Waals surface area contributed by atoms with Crippen molar-refractivity contribution in [2.75, 3.05) is 6.61 Å². The summed E-state index contributed by atoms with van der Waals surface area (Å²) in [5.74, 6) is -0.515. The number of nitrogens with zero attached hydrogens (tertiary/aromatic N) is 2. The van der Waals surface area contributed by atoms with Crippen LogP contribution in [0.1, 0.15) is 5.56 Å². The van der Waals surface area contributed by atoms with Gasteiger partial charge >= 0.3 is 0 Å². The number of hydrogen-bond donors (Lipinski definition) is 2. The fourth-order valence-electron chi connectivity index (χ4n) is 3.06. The Hall–Kier alpha value is -3.71. The zero-order chi connectivity index (χ0) is 21.6. The lowest BCUT2D eigenvalue weighted by molar-refractivity contribution is -0.123. The van der Waals surface area contributed by atoms with Gasteiger partial charge in [0.15, 0.2) is 6.61 Å². The van der Waals surface area contributed by atoms with Crippen molar-refractivity contribution in [2.24, 2.45) is 0 Å². The highest BCUT2D eigenvalue weighted by Gasteiger charge is 2.11. The van der Waals surface area contributed by atoms with Crippen LogP contribution in [-0.4, -0.2) is 27.7 Å². The molecular formula is C23H18ClFN4O2. The molecule has 0 unspecified atom stereocenters. The van der Waals surface area contributed by atoms with E-state index in [1.165, 1.54) is 18.2 Å². The minimum absolute atomic E-state index is 0.0559. The number of H-pyrrole nitrogens is 1. The van der Waals surface area contributed by atoms with Crippen molar-refractivity contribution in [3.05, 3.63) is 89.6 Å². The highest BCUT2D eigenvalue weighted by Crippen LogP contribution is 2.30. The standard InChI is InChI=1S/C23H18ClFN4O2/c24-20-11-18(4-5-21(20)25)31-14-22(30)27-12-15-2-1-3-17(10-15)23-19(13-28-29-23)16-6-8-26-9-7-16/h1-11,13H,12,14H2,(H,27,30)(H,28,29). The molecule has 0 atom stereocenters. The fraction of sp³-hybridized carbons (Fsp3) is 0.0870. The van der Waals surface area contributed by atoms with Crippen LogP contribution < -0.4 is 10.1 Å².